The van der Waals surface area contributed by atoms with Crippen LogP contribution in [0.5, 0.6) is 0 Å². The minimum absolute atomic E-state index is 0.0629. The van der Waals surface area contributed by atoms with Crippen molar-refractivity contribution in [2.75, 3.05) is 13.2 Å². The van der Waals surface area contributed by atoms with E-state index in [0.29, 0.717) is 18.8 Å². The van der Waals surface area contributed by atoms with Gasteiger partial charge >= 0.3 is 0 Å². The molecule has 2 aromatic rings. The van der Waals surface area contributed by atoms with E-state index in [-0.39, 0.29) is 18.1 Å². The molecule has 2 fully saturated rings. The molecule has 4 nitrogen and oxygen atoms in total. The molecule has 2 unspecified atom stereocenters. The predicted molar refractivity (Wildman–Crippen MR) is 83.8 cm³/mol. The van der Waals surface area contributed by atoms with Crippen LogP contribution in [0.2, 0.25) is 0 Å². The number of thiazole rings is 1. The first-order valence-corrected chi connectivity index (χ1v) is 9.06. The molecule has 0 radical (unpaired) electrons. The van der Waals surface area contributed by atoms with Crippen LogP contribution in [0.15, 0.2) is 22.2 Å². The maximum atomic E-state index is 12.7. The SMILES string of the molecule is O=C(c1csc(-c2ccsc2)n1)N1CCOC2CCCC21. The van der Waals surface area contributed by atoms with Crippen LogP contribution in [0.3, 0.4) is 0 Å². The molecular weight excluding hydrogens is 304 g/mol. The van der Waals surface area contributed by atoms with Gasteiger partial charge in [0.2, 0.25) is 0 Å². The Morgan fingerprint density at radius 1 is 1.38 bits per heavy atom. The number of hydrogen-bond donors (Lipinski definition) is 0. The average molecular weight is 320 g/mol. The lowest BCUT2D eigenvalue weighted by atomic mass is 10.1. The Hall–Kier alpha value is -1.24. The van der Waals surface area contributed by atoms with E-state index in [1.54, 1.807) is 22.7 Å². The number of aromatic nitrogens is 1. The molecule has 6 heteroatoms. The summed E-state index contributed by atoms with van der Waals surface area (Å²) in [7, 11) is 0. The third kappa shape index (κ3) is 2.41. The Morgan fingerprint density at radius 3 is 3.19 bits per heavy atom. The summed E-state index contributed by atoms with van der Waals surface area (Å²) in [5.41, 5.74) is 1.68. The number of morpholine rings is 1. The molecular formula is C15H16N2O2S2. The first kappa shape index (κ1) is 13.4. The van der Waals surface area contributed by atoms with Crippen LogP contribution in [0.1, 0.15) is 29.8 Å². The van der Waals surface area contributed by atoms with Crippen molar-refractivity contribution in [2.45, 2.75) is 31.4 Å². The number of carbonyl (C=O) groups is 1. The van der Waals surface area contributed by atoms with E-state index >= 15 is 0 Å². The smallest absolute Gasteiger partial charge is 0.273 e. The first-order chi connectivity index (χ1) is 10.3. The molecule has 1 saturated carbocycles. The lowest BCUT2D eigenvalue weighted by molar-refractivity contribution is -0.0447. The van der Waals surface area contributed by atoms with E-state index in [9.17, 15) is 4.79 Å². The number of amides is 1. The van der Waals surface area contributed by atoms with Gasteiger partial charge in [-0.25, -0.2) is 4.98 Å². The monoisotopic (exact) mass is 320 g/mol. The van der Waals surface area contributed by atoms with Gasteiger partial charge < -0.3 is 9.64 Å². The number of nitrogens with zero attached hydrogens (tertiary/aromatic N) is 2. The zero-order chi connectivity index (χ0) is 14.2. The van der Waals surface area contributed by atoms with Crippen LogP contribution in [0, 0.1) is 0 Å². The van der Waals surface area contributed by atoms with Gasteiger partial charge in [-0.1, -0.05) is 0 Å². The van der Waals surface area contributed by atoms with Gasteiger partial charge in [0.05, 0.1) is 18.8 Å². The van der Waals surface area contributed by atoms with Gasteiger partial charge in [-0.2, -0.15) is 11.3 Å². The summed E-state index contributed by atoms with van der Waals surface area (Å²) in [6, 6.07) is 2.29. The zero-order valence-electron chi connectivity index (χ0n) is 11.5. The van der Waals surface area contributed by atoms with Crippen molar-refractivity contribution < 1.29 is 9.53 Å². The topological polar surface area (TPSA) is 42.4 Å². The van der Waals surface area contributed by atoms with Gasteiger partial charge in [0.15, 0.2) is 0 Å². The number of carbonyl (C=O) groups excluding carboxylic acids is 1. The standard InChI is InChI=1S/C15H16N2O2S2/c18-15(17-5-6-19-13-3-1-2-12(13)17)11-9-21-14(16-11)10-4-7-20-8-10/h4,7-9,12-13H,1-3,5-6H2. The quantitative estimate of drug-likeness (QED) is 0.853. The fourth-order valence-corrected chi connectivity index (χ4v) is 4.72. The van der Waals surface area contributed by atoms with Gasteiger partial charge in [0, 0.05) is 22.9 Å². The van der Waals surface area contributed by atoms with Gasteiger partial charge in [0.1, 0.15) is 10.7 Å². The molecule has 1 saturated heterocycles. The van der Waals surface area contributed by atoms with Crippen LogP contribution < -0.4 is 0 Å². The Morgan fingerprint density at radius 2 is 2.33 bits per heavy atom. The Kier molecular flexibility index (Phi) is 3.52. The molecule has 0 spiro atoms. The molecule has 2 aromatic heterocycles. The van der Waals surface area contributed by atoms with Crippen molar-refractivity contribution in [3.05, 3.63) is 27.9 Å². The van der Waals surface area contributed by atoms with E-state index < -0.39 is 0 Å². The number of hydrogen-bond acceptors (Lipinski definition) is 5. The Balaban J connectivity index is 1.57. The molecule has 4 rings (SSSR count). The van der Waals surface area contributed by atoms with E-state index in [1.807, 2.05) is 21.7 Å². The summed E-state index contributed by atoms with van der Waals surface area (Å²) in [4.78, 5) is 19.3. The third-order valence-electron chi connectivity index (χ3n) is 4.23. The van der Waals surface area contributed by atoms with Crippen LogP contribution in [-0.4, -0.2) is 41.1 Å². The highest BCUT2D eigenvalue weighted by atomic mass is 32.1. The predicted octanol–water partition coefficient (Wildman–Crippen LogP) is 3.27. The normalized spacial score (nSPS) is 25.0. The summed E-state index contributed by atoms with van der Waals surface area (Å²) in [6.45, 7) is 1.33. The average Bonchev–Trinajstić information content (AvgIpc) is 3.23. The van der Waals surface area contributed by atoms with Gasteiger partial charge in [-0.3, -0.25) is 4.79 Å². The highest BCUT2D eigenvalue weighted by Gasteiger charge is 2.39. The van der Waals surface area contributed by atoms with Crippen LogP contribution in [0.25, 0.3) is 10.6 Å². The molecule has 110 valence electrons. The molecule has 21 heavy (non-hydrogen) atoms. The zero-order valence-corrected chi connectivity index (χ0v) is 13.2. The molecule has 1 aliphatic carbocycles. The van der Waals surface area contributed by atoms with Crippen LogP contribution in [-0.2, 0) is 4.74 Å². The minimum atomic E-state index is 0.0629. The molecule has 2 aliphatic rings. The van der Waals surface area contributed by atoms with Gasteiger partial charge in [0.25, 0.3) is 5.91 Å². The molecule has 0 bridgehead atoms. The highest BCUT2D eigenvalue weighted by Crippen LogP contribution is 2.32. The third-order valence-corrected chi connectivity index (χ3v) is 5.81. The number of ether oxygens (including phenoxy) is 1. The molecule has 1 aliphatic heterocycles. The van der Waals surface area contributed by atoms with Crippen molar-refractivity contribution in [1.29, 1.82) is 0 Å². The summed E-state index contributed by atoms with van der Waals surface area (Å²) in [5.74, 6) is 0.0629. The van der Waals surface area contributed by atoms with Crippen molar-refractivity contribution >= 4 is 28.6 Å². The second-order valence-electron chi connectivity index (χ2n) is 5.46. The summed E-state index contributed by atoms with van der Waals surface area (Å²) >= 11 is 3.19. The van der Waals surface area contributed by atoms with Gasteiger partial charge in [-0.05, 0) is 30.7 Å². The summed E-state index contributed by atoms with van der Waals surface area (Å²) in [5, 5.41) is 6.91. The van der Waals surface area contributed by atoms with E-state index in [1.165, 1.54) is 0 Å². The maximum Gasteiger partial charge on any atom is 0.273 e. The van der Waals surface area contributed by atoms with E-state index in [0.717, 1.165) is 29.8 Å². The number of rotatable bonds is 2. The molecule has 2 atom stereocenters. The Labute approximate surface area is 131 Å². The fraction of sp³-hybridized carbons (Fsp3) is 0.467. The lowest BCUT2D eigenvalue weighted by Crippen LogP contribution is -2.51. The second kappa shape index (κ2) is 5.51. The highest BCUT2D eigenvalue weighted by molar-refractivity contribution is 7.14. The fourth-order valence-electron chi connectivity index (χ4n) is 3.22. The second-order valence-corrected chi connectivity index (χ2v) is 7.09. The van der Waals surface area contributed by atoms with Gasteiger partial charge in [-0.15, -0.1) is 11.3 Å². The first-order valence-electron chi connectivity index (χ1n) is 7.23. The van der Waals surface area contributed by atoms with Crippen LogP contribution >= 0.6 is 22.7 Å². The molecule has 3 heterocycles. The number of fused-ring (bicyclic) bond motifs is 1. The molecule has 0 N–H and O–H groups in total. The van der Waals surface area contributed by atoms with Crippen molar-refractivity contribution in [3.8, 4) is 10.6 Å². The molecule has 0 aromatic carbocycles. The number of thiophene rings is 1. The lowest BCUT2D eigenvalue weighted by Gasteiger charge is -2.37. The van der Waals surface area contributed by atoms with Crippen molar-refractivity contribution in [1.82, 2.24) is 9.88 Å². The summed E-state index contributed by atoms with van der Waals surface area (Å²) in [6.07, 6.45) is 3.51. The van der Waals surface area contributed by atoms with Crippen molar-refractivity contribution in [2.24, 2.45) is 0 Å². The molecule has 1 amide bonds. The summed E-state index contributed by atoms with van der Waals surface area (Å²) < 4.78 is 5.77. The Bertz CT molecular complexity index is 638. The van der Waals surface area contributed by atoms with Crippen LogP contribution in [0.4, 0.5) is 0 Å². The van der Waals surface area contributed by atoms with E-state index in [4.69, 9.17) is 4.74 Å². The maximum absolute atomic E-state index is 12.7. The largest absolute Gasteiger partial charge is 0.374 e. The van der Waals surface area contributed by atoms with E-state index in [2.05, 4.69) is 10.4 Å². The minimum Gasteiger partial charge on any atom is -0.374 e. The van der Waals surface area contributed by atoms with Crippen molar-refractivity contribution in [3.63, 3.8) is 0 Å².